The normalized spacial score (nSPS) is 10.8. The average molecular weight is 275 g/mol. The third kappa shape index (κ3) is 6.40. The van der Waals surface area contributed by atoms with Crippen molar-refractivity contribution in [2.75, 3.05) is 5.73 Å². The van der Waals surface area contributed by atoms with Gasteiger partial charge in [-0.1, -0.05) is 55.1 Å². The summed E-state index contributed by atoms with van der Waals surface area (Å²) in [6.07, 6.45) is 0. The summed E-state index contributed by atoms with van der Waals surface area (Å²) in [6.45, 7) is 3.56. The highest BCUT2D eigenvalue weighted by Gasteiger charge is 1.94. The molecule has 0 radical (unpaired) electrons. The predicted octanol–water partition coefficient (Wildman–Crippen LogP) is 2.31. The van der Waals surface area contributed by atoms with Crippen molar-refractivity contribution in [2.45, 2.75) is 0 Å². The number of benzene rings is 2. The van der Waals surface area contributed by atoms with Crippen molar-refractivity contribution in [3.05, 3.63) is 72.8 Å². The van der Waals surface area contributed by atoms with Crippen LogP contribution in [0.4, 0.5) is 5.69 Å². The molecule has 0 aromatic heterocycles. The van der Waals surface area contributed by atoms with E-state index in [0.717, 1.165) is 11.3 Å². The summed E-state index contributed by atoms with van der Waals surface area (Å²) >= 11 is -2.30. The van der Waals surface area contributed by atoms with Crippen molar-refractivity contribution in [3.8, 4) is 0 Å². The number of nitrogens with two attached hydrogens (primary N) is 1. The zero-order valence-electron chi connectivity index (χ0n) is 10.3. The van der Waals surface area contributed by atoms with Gasteiger partial charge in [0, 0.05) is 22.7 Å². The Bertz CT molecular complexity index is 530. The molecule has 0 saturated heterocycles. The quantitative estimate of drug-likeness (QED) is 0.666. The highest BCUT2D eigenvalue weighted by atomic mass is 32.2. The molecule has 100 valence electrons. The Morgan fingerprint density at radius 3 is 1.89 bits per heavy atom. The van der Waals surface area contributed by atoms with Gasteiger partial charge < -0.3 is 15.0 Å². The van der Waals surface area contributed by atoms with E-state index in [1.54, 1.807) is 12.1 Å². The second-order valence-electron chi connectivity index (χ2n) is 3.59. The van der Waals surface area contributed by atoms with Gasteiger partial charge in [0.1, 0.15) is 0 Å². The molecule has 0 aliphatic heterocycles. The summed E-state index contributed by atoms with van der Waals surface area (Å²) < 4.78 is 22.6. The van der Waals surface area contributed by atoms with Gasteiger partial charge in [0.05, 0.1) is 0 Å². The third-order valence-corrected chi connectivity index (χ3v) is 2.54. The third-order valence-electron chi connectivity index (χ3n) is 2.13. The molecule has 0 fully saturated rings. The molecule has 2 aromatic rings. The van der Waals surface area contributed by atoms with E-state index in [4.69, 9.17) is 5.73 Å². The number of hydrogen-bond acceptors (Lipinski definition) is 3. The molecular weight excluding hydrogens is 260 g/mol. The van der Waals surface area contributed by atoms with Crippen LogP contribution in [-0.2, 0) is 11.3 Å². The Labute approximate surface area is 115 Å². The van der Waals surface area contributed by atoms with Crippen LogP contribution in [0.5, 0.6) is 0 Å². The second-order valence-corrected chi connectivity index (χ2v) is 4.27. The van der Waals surface area contributed by atoms with E-state index < -0.39 is 11.3 Å². The van der Waals surface area contributed by atoms with Gasteiger partial charge in [0.2, 0.25) is 0 Å². The van der Waals surface area contributed by atoms with E-state index >= 15 is 0 Å². The molecule has 0 saturated carbocycles. The van der Waals surface area contributed by atoms with E-state index in [1.165, 1.54) is 0 Å². The number of anilines is 1. The maximum absolute atomic E-state index is 10.2. The first-order chi connectivity index (χ1) is 9.09. The second kappa shape index (κ2) is 8.07. The fourth-order valence-electron chi connectivity index (χ4n) is 1.25. The molecule has 3 N–H and O–H groups in total. The molecule has 1 atom stereocenters. The van der Waals surface area contributed by atoms with E-state index in [9.17, 15) is 8.76 Å². The van der Waals surface area contributed by atoms with E-state index in [0.29, 0.717) is 5.70 Å². The van der Waals surface area contributed by atoms with Crippen LogP contribution >= 0.6 is 0 Å². The molecule has 1 unspecified atom stereocenters. The number of rotatable bonds is 3. The zero-order valence-corrected chi connectivity index (χ0v) is 11.1. The van der Waals surface area contributed by atoms with Gasteiger partial charge in [-0.2, -0.15) is 0 Å². The molecule has 19 heavy (non-hydrogen) atoms. The monoisotopic (exact) mass is 275 g/mol. The van der Waals surface area contributed by atoms with Crippen LogP contribution in [0.1, 0.15) is 5.56 Å². The van der Waals surface area contributed by atoms with Gasteiger partial charge in [-0.05, 0) is 17.7 Å². The van der Waals surface area contributed by atoms with Crippen molar-refractivity contribution < 1.29 is 8.76 Å². The summed E-state index contributed by atoms with van der Waals surface area (Å²) in [6, 6.07) is 18.5. The van der Waals surface area contributed by atoms with Gasteiger partial charge >= 0.3 is 0 Å². The van der Waals surface area contributed by atoms with Crippen LogP contribution in [0.3, 0.4) is 0 Å². The fourth-order valence-corrected chi connectivity index (χ4v) is 1.57. The van der Waals surface area contributed by atoms with Crippen molar-refractivity contribution in [2.24, 2.45) is 0 Å². The predicted molar refractivity (Wildman–Crippen MR) is 78.4 cm³/mol. The Morgan fingerprint density at radius 1 is 1.05 bits per heavy atom. The molecule has 4 nitrogen and oxygen atoms in total. The number of hydrogen-bond donors (Lipinski definition) is 2. The summed E-state index contributed by atoms with van der Waals surface area (Å²) in [4.78, 5) is 0. The molecule has 0 aliphatic rings. The Hall–Kier alpha value is -2.11. The van der Waals surface area contributed by atoms with Gasteiger partial charge in [-0.15, -0.1) is 0 Å². The first-order valence-electron chi connectivity index (χ1n) is 5.50. The number of nitrogen functional groups attached to an aromatic ring is 1. The topological polar surface area (TPSA) is 78.2 Å². The highest BCUT2D eigenvalue weighted by molar-refractivity contribution is 7.77. The lowest BCUT2D eigenvalue weighted by Gasteiger charge is -2.10. The summed E-state index contributed by atoms with van der Waals surface area (Å²) in [5.74, 6) is 0. The Balaban J connectivity index is 0.000000218. The smallest absolute Gasteiger partial charge is 0.0453 e. The molecule has 0 spiro atoms. The van der Waals surface area contributed by atoms with Crippen LogP contribution in [0.15, 0.2) is 67.2 Å². The fraction of sp³-hybridized carbons (Fsp3) is 0. The minimum Gasteiger partial charge on any atom is -0.755 e. The molecule has 0 bridgehead atoms. The van der Waals surface area contributed by atoms with Gasteiger partial charge in [-0.3, -0.25) is 4.21 Å². The number of para-hydroxylation sites is 1. The maximum Gasteiger partial charge on any atom is 0.0453 e. The van der Waals surface area contributed by atoms with E-state index in [-0.39, 0.29) is 0 Å². The molecule has 0 amide bonds. The van der Waals surface area contributed by atoms with Crippen LogP contribution in [0.2, 0.25) is 0 Å². The minimum absolute atomic E-state index is 0.379. The highest BCUT2D eigenvalue weighted by Crippen LogP contribution is 2.07. The van der Waals surface area contributed by atoms with E-state index in [2.05, 4.69) is 11.3 Å². The minimum atomic E-state index is -2.30. The molecule has 0 heterocycles. The zero-order chi connectivity index (χ0) is 14.1. The van der Waals surface area contributed by atoms with E-state index in [1.807, 2.05) is 48.5 Å². The summed E-state index contributed by atoms with van der Waals surface area (Å²) in [5, 5.41) is 0. The maximum atomic E-state index is 10.2. The lowest BCUT2D eigenvalue weighted by Crippen LogP contribution is -2.13. The van der Waals surface area contributed by atoms with Gasteiger partial charge in [0.15, 0.2) is 0 Å². The summed E-state index contributed by atoms with van der Waals surface area (Å²) in [5.41, 5.74) is 7.32. The lowest BCUT2D eigenvalue weighted by atomic mass is 10.2. The van der Waals surface area contributed by atoms with Gasteiger partial charge in [-0.25, -0.2) is 0 Å². The van der Waals surface area contributed by atoms with Crippen LogP contribution in [-0.4, -0.2) is 8.76 Å². The first kappa shape index (κ1) is 14.9. The molecule has 2 rings (SSSR count). The molecular formula is C14H15N2O2S-. The SMILES string of the molecule is C=C(NS(=O)[O-])c1ccccc1.Nc1ccccc1. The number of nitrogens with one attached hydrogen (secondary N) is 1. The van der Waals surface area contributed by atoms with Crippen molar-refractivity contribution in [3.63, 3.8) is 0 Å². The van der Waals surface area contributed by atoms with Gasteiger partial charge in [0.25, 0.3) is 0 Å². The largest absolute Gasteiger partial charge is 0.755 e. The molecule has 5 heteroatoms. The van der Waals surface area contributed by atoms with Crippen molar-refractivity contribution in [1.82, 2.24) is 4.72 Å². The van der Waals surface area contributed by atoms with Crippen molar-refractivity contribution in [1.29, 1.82) is 0 Å². The summed E-state index contributed by atoms with van der Waals surface area (Å²) in [7, 11) is 0. The average Bonchev–Trinajstić information content (AvgIpc) is 2.40. The standard InChI is InChI=1S/C8H9NO2S.C6H7N/c1-7(9-12(10)11)8-5-3-2-4-6-8;7-6-4-2-1-3-5-6/h2-6,9H,1H2,(H,10,11);1-5H,7H2/p-1. The molecule has 0 aliphatic carbocycles. The van der Waals surface area contributed by atoms with Crippen LogP contribution < -0.4 is 10.5 Å². The lowest BCUT2D eigenvalue weighted by molar-refractivity contribution is 0.532. The van der Waals surface area contributed by atoms with Crippen LogP contribution in [0, 0.1) is 0 Å². The molecule has 2 aromatic carbocycles. The first-order valence-corrected chi connectivity index (χ1v) is 6.58. The van der Waals surface area contributed by atoms with Crippen molar-refractivity contribution >= 4 is 22.7 Å². The van der Waals surface area contributed by atoms with Crippen LogP contribution in [0.25, 0.3) is 5.70 Å². The Morgan fingerprint density at radius 2 is 1.53 bits per heavy atom. The Kier molecular flexibility index (Phi) is 6.35.